The van der Waals surface area contributed by atoms with E-state index in [9.17, 15) is 0 Å². The summed E-state index contributed by atoms with van der Waals surface area (Å²) in [7, 11) is 1.90. The van der Waals surface area contributed by atoms with E-state index in [2.05, 4.69) is 15.4 Å². The van der Waals surface area contributed by atoms with E-state index >= 15 is 0 Å². The van der Waals surface area contributed by atoms with Gasteiger partial charge >= 0.3 is 0 Å². The summed E-state index contributed by atoms with van der Waals surface area (Å²) in [4.78, 5) is 4.25. The lowest BCUT2D eigenvalue weighted by Gasteiger charge is -2.38. The van der Waals surface area contributed by atoms with E-state index in [1.54, 1.807) is 11.0 Å². The van der Waals surface area contributed by atoms with Gasteiger partial charge in [-0.15, -0.1) is 0 Å². The Labute approximate surface area is 108 Å². The van der Waals surface area contributed by atoms with Crippen LogP contribution >= 0.6 is 0 Å². The van der Waals surface area contributed by atoms with Crippen molar-refractivity contribution in [2.24, 2.45) is 7.05 Å². The second-order valence-corrected chi connectivity index (χ2v) is 5.64. The third-order valence-corrected chi connectivity index (χ3v) is 4.20. The van der Waals surface area contributed by atoms with E-state index in [1.807, 2.05) is 7.05 Å². The number of hydrogen-bond donors (Lipinski definition) is 1. The molecule has 1 aliphatic carbocycles. The summed E-state index contributed by atoms with van der Waals surface area (Å²) in [5.74, 6) is 0.879. The van der Waals surface area contributed by atoms with Crippen molar-refractivity contribution in [3.63, 3.8) is 0 Å². The van der Waals surface area contributed by atoms with Crippen molar-refractivity contribution in [1.29, 1.82) is 0 Å². The summed E-state index contributed by atoms with van der Waals surface area (Å²) < 4.78 is 7.79. The average Bonchev–Trinajstić information content (AvgIpc) is 2.97. The molecule has 1 atom stereocenters. The lowest BCUT2D eigenvalue weighted by atomic mass is 9.89. The molecule has 18 heavy (non-hydrogen) atoms. The minimum atomic E-state index is 0.188. The predicted molar refractivity (Wildman–Crippen MR) is 68.0 cm³/mol. The van der Waals surface area contributed by atoms with E-state index in [0.717, 1.165) is 31.8 Å². The van der Waals surface area contributed by atoms with Crippen LogP contribution < -0.4 is 5.32 Å². The van der Waals surface area contributed by atoms with Gasteiger partial charge in [0.1, 0.15) is 6.33 Å². The van der Waals surface area contributed by atoms with Gasteiger partial charge in [-0.05, 0) is 25.7 Å². The number of rotatable bonds is 3. The number of ether oxygens (including phenoxy) is 1. The van der Waals surface area contributed by atoms with Gasteiger partial charge < -0.3 is 10.1 Å². The molecule has 100 valence electrons. The van der Waals surface area contributed by atoms with Crippen molar-refractivity contribution in [3.05, 3.63) is 12.2 Å². The van der Waals surface area contributed by atoms with Gasteiger partial charge in [0.15, 0.2) is 5.82 Å². The highest BCUT2D eigenvalue weighted by Gasteiger charge is 2.39. The van der Waals surface area contributed by atoms with Crippen LogP contribution in [0.3, 0.4) is 0 Å². The maximum Gasteiger partial charge on any atom is 0.164 e. The molecule has 1 unspecified atom stereocenters. The summed E-state index contributed by atoms with van der Waals surface area (Å²) in [5, 5.41) is 7.88. The van der Waals surface area contributed by atoms with Gasteiger partial charge in [-0.3, -0.25) is 4.68 Å². The molecular formula is C13H22N4O. The quantitative estimate of drug-likeness (QED) is 0.881. The topological polar surface area (TPSA) is 52.0 Å². The fraction of sp³-hybridized carbons (Fsp3) is 0.846. The number of hydrogen-bond acceptors (Lipinski definition) is 4. The lowest BCUT2D eigenvalue weighted by molar-refractivity contribution is -0.0838. The Balaban J connectivity index is 1.53. The maximum atomic E-state index is 6.04. The molecule has 5 nitrogen and oxygen atoms in total. The molecular weight excluding hydrogens is 228 g/mol. The monoisotopic (exact) mass is 250 g/mol. The Morgan fingerprint density at radius 1 is 1.50 bits per heavy atom. The normalized spacial score (nSPS) is 26.8. The van der Waals surface area contributed by atoms with Crippen LogP contribution in [-0.4, -0.2) is 33.0 Å². The standard InChI is InChI=1S/C13H22N4O/c1-17-10-15-12(16-17)9-14-11-4-7-18-13(8-11)5-2-3-6-13/h10-11,14H,2-9H2,1H3. The molecule has 1 N–H and O–H groups in total. The number of aromatic nitrogens is 3. The van der Waals surface area contributed by atoms with Gasteiger partial charge in [0.25, 0.3) is 0 Å². The third-order valence-electron chi connectivity index (χ3n) is 4.20. The van der Waals surface area contributed by atoms with E-state index in [0.29, 0.717) is 6.04 Å². The van der Waals surface area contributed by atoms with E-state index in [4.69, 9.17) is 4.74 Å². The maximum absolute atomic E-state index is 6.04. The molecule has 1 spiro atoms. The number of nitrogens with one attached hydrogen (secondary N) is 1. The molecule has 0 radical (unpaired) electrons. The molecule has 1 aromatic rings. The molecule has 2 aliphatic rings. The van der Waals surface area contributed by atoms with Crippen LogP contribution in [0.25, 0.3) is 0 Å². The minimum absolute atomic E-state index is 0.188. The Kier molecular flexibility index (Phi) is 3.35. The second-order valence-electron chi connectivity index (χ2n) is 5.64. The van der Waals surface area contributed by atoms with Crippen LogP contribution in [0.5, 0.6) is 0 Å². The SMILES string of the molecule is Cn1cnc(CNC2CCOC3(CCCC3)C2)n1. The molecule has 0 bridgehead atoms. The predicted octanol–water partition coefficient (Wildman–Crippen LogP) is 1.40. The van der Waals surface area contributed by atoms with Gasteiger partial charge in [-0.2, -0.15) is 5.10 Å². The molecule has 1 saturated carbocycles. The Morgan fingerprint density at radius 2 is 2.33 bits per heavy atom. The first-order valence-corrected chi connectivity index (χ1v) is 6.98. The smallest absolute Gasteiger partial charge is 0.164 e. The van der Waals surface area contributed by atoms with Crippen LogP contribution in [0.2, 0.25) is 0 Å². The van der Waals surface area contributed by atoms with Crippen LogP contribution in [0.15, 0.2) is 6.33 Å². The zero-order valence-electron chi connectivity index (χ0n) is 11.1. The van der Waals surface area contributed by atoms with Gasteiger partial charge in [0.05, 0.1) is 12.1 Å². The Bertz CT molecular complexity index is 397. The summed E-state index contributed by atoms with van der Waals surface area (Å²) in [6.45, 7) is 1.66. The van der Waals surface area contributed by atoms with Crippen molar-refractivity contribution >= 4 is 0 Å². The van der Waals surface area contributed by atoms with E-state index in [1.165, 1.54) is 25.7 Å². The first-order valence-electron chi connectivity index (χ1n) is 6.98. The van der Waals surface area contributed by atoms with Gasteiger partial charge in [0, 0.05) is 19.7 Å². The second kappa shape index (κ2) is 4.97. The van der Waals surface area contributed by atoms with E-state index in [-0.39, 0.29) is 5.60 Å². The van der Waals surface area contributed by atoms with Crippen molar-refractivity contribution < 1.29 is 4.74 Å². The zero-order valence-corrected chi connectivity index (χ0v) is 11.1. The van der Waals surface area contributed by atoms with Crippen LogP contribution in [0.1, 0.15) is 44.3 Å². The molecule has 1 aliphatic heterocycles. The minimum Gasteiger partial charge on any atom is -0.375 e. The van der Waals surface area contributed by atoms with Crippen LogP contribution in [0, 0.1) is 0 Å². The fourth-order valence-electron chi connectivity index (χ4n) is 3.27. The number of aryl methyl sites for hydroxylation is 1. The summed E-state index contributed by atoms with van der Waals surface area (Å²) in [6, 6.07) is 0.556. The molecule has 0 aromatic carbocycles. The Hall–Kier alpha value is -0.940. The van der Waals surface area contributed by atoms with Crippen molar-refractivity contribution in [2.75, 3.05) is 6.61 Å². The molecule has 1 aromatic heterocycles. The molecule has 2 heterocycles. The van der Waals surface area contributed by atoms with E-state index < -0.39 is 0 Å². The van der Waals surface area contributed by atoms with Gasteiger partial charge in [0.2, 0.25) is 0 Å². The summed E-state index contributed by atoms with van der Waals surface area (Å²) >= 11 is 0. The Morgan fingerprint density at radius 3 is 3.06 bits per heavy atom. The first-order chi connectivity index (χ1) is 8.76. The molecule has 2 fully saturated rings. The highest BCUT2D eigenvalue weighted by Crippen LogP contribution is 2.39. The van der Waals surface area contributed by atoms with Crippen molar-refractivity contribution in [1.82, 2.24) is 20.1 Å². The first kappa shape index (κ1) is 12.1. The summed E-state index contributed by atoms with van der Waals surface area (Å²) in [6.07, 6.45) is 9.15. The van der Waals surface area contributed by atoms with Crippen LogP contribution in [0.4, 0.5) is 0 Å². The van der Waals surface area contributed by atoms with Crippen molar-refractivity contribution in [2.45, 2.75) is 56.7 Å². The highest BCUT2D eigenvalue weighted by atomic mass is 16.5. The van der Waals surface area contributed by atoms with Crippen LogP contribution in [-0.2, 0) is 18.3 Å². The van der Waals surface area contributed by atoms with Crippen molar-refractivity contribution in [3.8, 4) is 0 Å². The van der Waals surface area contributed by atoms with Gasteiger partial charge in [-0.25, -0.2) is 4.98 Å². The molecule has 0 amide bonds. The average molecular weight is 250 g/mol. The largest absolute Gasteiger partial charge is 0.375 e. The molecule has 3 rings (SSSR count). The number of nitrogens with zero attached hydrogens (tertiary/aromatic N) is 3. The molecule has 1 saturated heterocycles. The lowest BCUT2D eigenvalue weighted by Crippen LogP contribution is -2.45. The highest BCUT2D eigenvalue weighted by molar-refractivity contribution is 4.94. The third kappa shape index (κ3) is 2.57. The molecule has 5 heteroatoms. The van der Waals surface area contributed by atoms with Gasteiger partial charge in [-0.1, -0.05) is 12.8 Å². The fourth-order valence-corrected chi connectivity index (χ4v) is 3.27. The summed E-state index contributed by atoms with van der Waals surface area (Å²) in [5.41, 5.74) is 0.188. The zero-order chi connectivity index (χ0) is 12.4.